The number of unbranched alkanes of at least 4 members (excludes halogenated alkanes) is 1. The monoisotopic (exact) mass is 454 g/mol. The molecule has 0 bridgehead atoms. The van der Waals surface area contributed by atoms with Crippen molar-refractivity contribution in [2.45, 2.75) is 45.6 Å². The number of aliphatic carboxylic acids is 1. The lowest BCUT2D eigenvalue weighted by atomic mass is 10.1. The van der Waals surface area contributed by atoms with Crippen LogP contribution in [-0.2, 0) is 4.79 Å². The zero-order chi connectivity index (χ0) is 23.9. The van der Waals surface area contributed by atoms with Crippen molar-refractivity contribution in [3.05, 3.63) is 53.3 Å². The number of carboxylic acids is 1. The molecule has 0 aliphatic rings. The van der Waals surface area contributed by atoms with E-state index in [0.29, 0.717) is 18.4 Å². The zero-order valence-corrected chi connectivity index (χ0v) is 17.7. The van der Waals surface area contributed by atoms with Gasteiger partial charge in [0.1, 0.15) is 11.5 Å². The van der Waals surface area contributed by atoms with Gasteiger partial charge in [-0.25, -0.2) is 9.18 Å². The molecule has 0 radical (unpaired) electrons. The Labute approximate surface area is 182 Å². The van der Waals surface area contributed by atoms with Gasteiger partial charge in [0.05, 0.1) is 6.61 Å². The summed E-state index contributed by atoms with van der Waals surface area (Å²) in [5, 5.41) is 9.13. The minimum Gasteiger partial charge on any atom is -0.490 e. The average Bonchev–Trinajstić information content (AvgIpc) is 2.69. The maximum Gasteiger partial charge on any atom is 0.573 e. The first-order valence-electron chi connectivity index (χ1n) is 9.58. The molecule has 0 aromatic heterocycles. The normalized spacial score (nSPS) is 11.3. The molecule has 0 heterocycles. The van der Waals surface area contributed by atoms with Gasteiger partial charge < -0.3 is 19.3 Å². The summed E-state index contributed by atoms with van der Waals surface area (Å²) in [6.07, 6.45) is -3.83. The quantitative estimate of drug-likeness (QED) is 0.325. The molecule has 0 fully saturated rings. The number of halogens is 4. The SMILES string of the molecule is Cc1c(OC(C)(C)C(=O)O)ccc(OCCCC#Cc2ccc(OC(F)(F)F)cc2)c1F. The van der Waals surface area contributed by atoms with Gasteiger partial charge in [0.2, 0.25) is 0 Å². The van der Waals surface area contributed by atoms with Crippen LogP contribution in [0.5, 0.6) is 17.2 Å². The first-order valence-corrected chi connectivity index (χ1v) is 9.58. The maximum atomic E-state index is 14.5. The van der Waals surface area contributed by atoms with Crippen LogP contribution >= 0.6 is 0 Å². The van der Waals surface area contributed by atoms with E-state index in [4.69, 9.17) is 14.6 Å². The van der Waals surface area contributed by atoms with Gasteiger partial charge in [-0.05, 0) is 63.6 Å². The lowest BCUT2D eigenvalue weighted by molar-refractivity contribution is -0.274. The van der Waals surface area contributed by atoms with Crippen molar-refractivity contribution < 1.29 is 41.7 Å². The molecule has 0 spiro atoms. The van der Waals surface area contributed by atoms with E-state index in [1.165, 1.54) is 57.2 Å². The van der Waals surface area contributed by atoms with Gasteiger partial charge in [0.25, 0.3) is 0 Å². The Morgan fingerprint density at radius 1 is 1.03 bits per heavy atom. The van der Waals surface area contributed by atoms with Gasteiger partial charge in [-0.1, -0.05) is 11.8 Å². The number of alkyl halides is 3. The van der Waals surface area contributed by atoms with Gasteiger partial charge in [-0.15, -0.1) is 13.2 Å². The Hall–Kier alpha value is -3.41. The molecule has 172 valence electrons. The topological polar surface area (TPSA) is 65.0 Å². The first-order chi connectivity index (χ1) is 14.9. The van der Waals surface area contributed by atoms with Gasteiger partial charge in [0, 0.05) is 17.5 Å². The standard InChI is InChI=1S/C23H22F4O5/c1-15-18(32-22(2,3)21(28)29)12-13-19(20(15)24)30-14-6-4-5-7-16-8-10-17(11-9-16)31-23(25,26)27/h8-13H,4,6,14H2,1-3H3,(H,28,29). The molecule has 5 nitrogen and oxygen atoms in total. The minimum atomic E-state index is -4.74. The van der Waals surface area contributed by atoms with E-state index in [0.717, 1.165) is 0 Å². The molecule has 32 heavy (non-hydrogen) atoms. The molecule has 2 rings (SSSR count). The highest BCUT2D eigenvalue weighted by molar-refractivity contribution is 5.76. The number of ether oxygens (including phenoxy) is 3. The molecule has 0 unspecified atom stereocenters. The summed E-state index contributed by atoms with van der Waals surface area (Å²) in [6, 6.07) is 8.00. The number of hydrogen-bond donors (Lipinski definition) is 1. The van der Waals surface area contributed by atoms with Crippen molar-refractivity contribution in [3.8, 4) is 29.1 Å². The molecule has 1 N–H and O–H groups in total. The van der Waals surface area contributed by atoms with Crippen molar-refractivity contribution in [2.75, 3.05) is 6.61 Å². The van der Waals surface area contributed by atoms with E-state index in [-0.39, 0.29) is 29.4 Å². The predicted molar refractivity (Wildman–Crippen MR) is 108 cm³/mol. The van der Waals surface area contributed by atoms with Crippen molar-refractivity contribution in [3.63, 3.8) is 0 Å². The van der Waals surface area contributed by atoms with Crippen LogP contribution < -0.4 is 14.2 Å². The van der Waals surface area contributed by atoms with Crippen LogP contribution in [0.1, 0.15) is 37.8 Å². The van der Waals surface area contributed by atoms with Crippen LogP contribution in [0, 0.1) is 24.6 Å². The number of carbonyl (C=O) groups is 1. The van der Waals surface area contributed by atoms with Crippen LogP contribution in [0.15, 0.2) is 36.4 Å². The number of rotatable bonds is 8. The van der Waals surface area contributed by atoms with Crippen molar-refractivity contribution in [1.29, 1.82) is 0 Å². The summed E-state index contributed by atoms with van der Waals surface area (Å²) in [6.45, 7) is 4.38. The van der Waals surface area contributed by atoms with E-state index in [9.17, 15) is 22.4 Å². The second kappa shape index (κ2) is 10.3. The molecular weight excluding hydrogens is 432 g/mol. The average molecular weight is 454 g/mol. The summed E-state index contributed by atoms with van der Waals surface area (Å²) in [7, 11) is 0. The number of hydrogen-bond acceptors (Lipinski definition) is 4. The molecule has 0 saturated heterocycles. The molecule has 0 aliphatic carbocycles. The van der Waals surface area contributed by atoms with E-state index in [1.807, 2.05) is 0 Å². The fraction of sp³-hybridized carbons (Fsp3) is 0.348. The molecular formula is C23H22F4O5. The third kappa shape index (κ3) is 7.38. The molecule has 0 saturated carbocycles. The van der Waals surface area contributed by atoms with Crippen molar-refractivity contribution in [2.24, 2.45) is 0 Å². The maximum absolute atomic E-state index is 14.5. The largest absolute Gasteiger partial charge is 0.573 e. The lowest BCUT2D eigenvalue weighted by Crippen LogP contribution is -2.38. The number of carboxylic acid groups (broad SMARTS) is 1. The second-order valence-electron chi connectivity index (χ2n) is 7.24. The van der Waals surface area contributed by atoms with Crippen molar-refractivity contribution in [1.82, 2.24) is 0 Å². The van der Waals surface area contributed by atoms with Crippen LogP contribution in [0.4, 0.5) is 17.6 Å². The van der Waals surface area contributed by atoms with Crippen LogP contribution in [0.25, 0.3) is 0 Å². The van der Waals surface area contributed by atoms with Gasteiger partial charge in [-0.3, -0.25) is 0 Å². The summed E-state index contributed by atoms with van der Waals surface area (Å²) in [5.41, 5.74) is -0.847. The Bertz CT molecular complexity index is 1000. The predicted octanol–water partition coefficient (Wildman–Crippen LogP) is 5.49. The van der Waals surface area contributed by atoms with E-state index in [1.54, 1.807) is 0 Å². The lowest BCUT2D eigenvalue weighted by Gasteiger charge is -2.23. The number of benzene rings is 2. The Morgan fingerprint density at radius 3 is 2.25 bits per heavy atom. The fourth-order valence-electron chi connectivity index (χ4n) is 2.43. The summed E-state index contributed by atoms with van der Waals surface area (Å²) in [5.74, 6) is 3.66. The van der Waals surface area contributed by atoms with E-state index >= 15 is 0 Å². The van der Waals surface area contributed by atoms with Crippen molar-refractivity contribution >= 4 is 5.97 Å². The minimum absolute atomic E-state index is 0.0104. The molecule has 0 amide bonds. The highest BCUT2D eigenvalue weighted by Gasteiger charge is 2.31. The van der Waals surface area contributed by atoms with E-state index < -0.39 is 23.7 Å². The molecule has 0 atom stereocenters. The molecule has 2 aromatic carbocycles. The summed E-state index contributed by atoms with van der Waals surface area (Å²) >= 11 is 0. The first kappa shape index (κ1) is 24.9. The fourth-order valence-corrected chi connectivity index (χ4v) is 2.43. The molecule has 9 heteroatoms. The van der Waals surface area contributed by atoms with Crippen LogP contribution in [-0.4, -0.2) is 29.6 Å². The summed E-state index contributed by atoms with van der Waals surface area (Å²) < 4.78 is 65.5. The molecule has 0 aliphatic heterocycles. The van der Waals surface area contributed by atoms with Gasteiger partial charge >= 0.3 is 12.3 Å². The smallest absolute Gasteiger partial charge is 0.490 e. The van der Waals surface area contributed by atoms with Crippen LogP contribution in [0.3, 0.4) is 0 Å². The van der Waals surface area contributed by atoms with E-state index in [2.05, 4.69) is 16.6 Å². The highest BCUT2D eigenvalue weighted by atomic mass is 19.4. The third-order valence-corrected chi connectivity index (χ3v) is 4.21. The van der Waals surface area contributed by atoms with Gasteiger partial charge in [-0.2, -0.15) is 0 Å². The Balaban J connectivity index is 1.85. The zero-order valence-electron chi connectivity index (χ0n) is 17.7. The van der Waals surface area contributed by atoms with Crippen LogP contribution in [0.2, 0.25) is 0 Å². The second-order valence-corrected chi connectivity index (χ2v) is 7.24. The molecule has 2 aromatic rings. The third-order valence-electron chi connectivity index (χ3n) is 4.21. The Kier molecular flexibility index (Phi) is 7.97. The highest BCUT2D eigenvalue weighted by Crippen LogP contribution is 2.31. The summed E-state index contributed by atoms with van der Waals surface area (Å²) in [4.78, 5) is 11.2. The Morgan fingerprint density at radius 2 is 1.66 bits per heavy atom. The van der Waals surface area contributed by atoms with Gasteiger partial charge in [0.15, 0.2) is 17.2 Å².